The Morgan fingerprint density at radius 1 is 0.806 bits per heavy atom. The molecule has 0 aromatic carbocycles. The highest BCUT2D eigenvalue weighted by Crippen LogP contribution is 2.20. The Hall–Kier alpha value is -0.460. The van der Waals surface area contributed by atoms with Gasteiger partial charge < -0.3 is 24.8 Å². The second kappa shape index (κ2) is 20.2. The molecule has 5 heteroatoms. The fourth-order valence-electron chi connectivity index (χ4n) is 4.14. The molecule has 184 valence electrons. The molecule has 0 amide bonds. The van der Waals surface area contributed by atoms with E-state index in [1.807, 2.05) is 0 Å². The first kappa shape index (κ1) is 28.6. The molecule has 1 aliphatic rings. The minimum Gasteiger partial charge on any atom is -0.394 e. The third-order valence-corrected chi connectivity index (χ3v) is 6.22. The van der Waals surface area contributed by atoms with Crippen LogP contribution in [-0.4, -0.2) is 59.6 Å². The van der Waals surface area contributed by atoms with Crippen LogP contribution in [0.4, 0.5) is 0 Å². The van der Waals surface area contributed by atoms with Gasteiger partial charge in [-0.05, 0) is 32.1 Å². The molecule has 4 atom stereocenters. The average molecular weight is 443 g/mol. The minimum absolute atomic E-state index is 0.0956. The maximum atomic E-state index is 9.85. The molecule has 0 saturated carbocycles. The van der Waals surface area contributed by atoms with E-state index >= 15 is 0 Å². The highest BCUT2D eigenvalue weighted by molar-refractivity contribution is 4.88. The molecule has 3 N–H and O–H groups in total. The quantitative estimate of drug-likeness (QED) is 0.166. The first-order chi connectivity index (χ1) is 15.2. The molecule has 0 unspecified atom stereocenters. The molecule has 1 rings (SSSR count). The van der Waals surface area contributed by atoms with Gasteiger partial charge in [0.05, 0.1) is 13.2 Å². The molecular formula is C26H50O5. The standard InChI is InChI=1S/C26H50O5/c1-2-3-4-5-6-7-8-9-10-11-12-13-14-15-16-17-18-19-20-30-24(21-27)26-25(29)23(28)22-31-26/h13-14,23-29H,2-12,15-22H2,1H3/b14-13+/t23-,24+,25-,26-/m1/s1. The van der Waals surface area contributed by atoms with Gasteiger partial charge in [0, 0.05) is 6.61 Å². The summed E-state index contributed by atoms with van der Waals surface area (Å²) in [5.41, 5.74) is 0. The fraction of sp³-hybridized carbons (Fsp3) is 0.923. The highest BCUT2D eigenvalue weighted by atomic mass is 16.6. The van der Waals surface area contributed by atoms with Crippen molar-refractivity contribution in [2.24, 2.45) is 0 Å². The Morgan fingerprint density at radius 2 is 1.32 bits per heavy atom. The molecule has 0 aliphatic carbocycles. The lowest BCUT2D eigenvalue weighted by atomic mass is 10.1. The predicted octanol–water partition coefficient (Wildman–Crippen LogP) is 5.30. The van der Waals surface area contributed by atoms with Crippen LogP contribution < -0.4 is 0 Å². The number of ether oxygens (including phenoxy) is 2. The van der Waals surface area contributed by atoms with Crippen molar-refractivity contribution >= 4 is 0 Å². The molecule has 1 heterocycles. The van der Waals surface area contributed by atoms with Crippen LogP contribution in [-0.2, 0) is 9.47 Å². The molecule has 1 saturated heterocycles. The van der Waals surface area contributed by atoms with Crippen molar-refractivity contribution < 1.29 is 24.8 Å². The van der Waals surface area contributed by atoms with Crippen molar-refractivity contribution in [3.8, 4) is 0 Å². The van der Waals surface area contributed by atoms with Crippen LogP contribution in [0, 0.1) is 0 Å². The molecular weight excluding hydrogens is 392 g/mol. The summed E-state index contributed by atoms with van der Waals surface area (Å²) >= 11 is 0. The molecule has 0 aromatic heterocycles. The maximum absolute atomic E-state index is 9.85. The number of aliphatic hydroxyl groups excluding tert-OH is 3. The smallest absolute Gasteiger partial charge is 0.114 e. The van der Waals surface area contributed by atoms with Gasteiger partial charge in [-0.25, -0.2) is 0 Å². The number of aliphatic hydroxyl groups is 3. The van der Waals surface area contributed by atoms with Crippen LogP contribution in [0.15, 0.2) is 12.2 Å². The average Bonchev–Trinajstić information content (AvgIpc) is 3.11. The van der Waals surface area contributed by atoms with Crippen molar-refractivity contribution in [1.29, 1.82) is 0 Å². The van der Waals surface area contributed by atoms with E-state index in [2.05, 4.69) is 19.1 Å². The summed E-state index contributed by atoms with van der Waals surface area (Å²) in [5.74, 6) is 0. The van der Waals surface area contributed by atoms with E-state index in [1.54, 1.807) is 0 Å². The van der Waals surface area contributed by atoms with Crippen molar-refractivity contribution in [3.63, 3.8) is 0 Å². The van der Waals surface area contributed by atoms with Crippen LogP contribution in [0.5, 0.6) is 0 Å². The lowest BCUT2D eigenvalue weighted by molar-refractivity contribution is -0.101. The Kier molecular flexibility index (Phi) is 18.6. The van der Waals surface area contributed by atoms with Gasteiger partial charge in [0.2, 0.25) is 0 Å². The topological polar surface area (TPSA) is 79.2 Å². The lowest BCUT2D eigenvalue weighted by Gasteiger charge is -2.24. The fourth-order valence-corrected chi connectivity index (χ4v) is 4.14. The first-order valence-corrected chi connectivity index (χ1v) is 13.1. The van der Waals surface area contributed by atoms with E-state index in [9.17, 15) is 15.3 Å². The van der Waals surface area contributed by atoms with Crippen LogP contribution in [0.3, 0.4) is 0 Å². The van der Waals surface area contributed by atoms with E-state index in [0.717, 1.165) is 19.3 Å². The summed E-state index contributed by atoms with van der Waals surface area (Å²) in [6, 6.07) is 0. The van der Waals surface area contributed by atoms with E-state index in [0.29, 0.717) is 6.61 Å². The number of hydrogen-bond donors (Lipinski definition) is 3. The van der Waals surface area contributed by atoms with Crippen molar-refractivity contribution in [2.45, 2.75) is 134 Å². The second-order valence-corrected chi connectivity index (χ2v) is 9.09. The maximum Gasteiger partial charge on any atom is 0.114 e. The molecule has 0 radical (unpaired) electrons. The Bertz CT molecular complexity index is 415. The molecule has 0 aromatic rings. The number of unbranched alkanes of at least 4 members (excludes halogenated alkanes) is 14. The third-order valence-electron chi connectivity index (χ3n) is 6.22. The van der Waals surface area contributed by atoms with Gasteiger partial charge in [0.15, 0.2) is 0 Å². The summed E-state index contributed by atoms with van der Waals surface area (Å²) in [4.78, 5) is 0. The van der Waals surface area contributed by atoms with E-state index < -0.39 is 24.4 Å². The Balaban J connectivity index is 1.83. The SMILES string of the molecule is CCCCCCCCCCCC/C=C/CCCCCCO[C@@H](CO)[C@H]1OC[C@@H](O)[C@H]1O. The van der Waals surface area contributed by atoms with Crippen molar-refractivity contribution in [2.75, 3.05) is 19.8 Å². The van der Waals surface area contributed by atoms with Gasteiger partial charge in [-0.2, -0.15) is 0 Å². The summed E-state index contributed by atoms with van der Waals surface area (Å²) in [5, 5.41) is 28.8. The molecule has 0 spiro atoms. The number of hydrogen-bond acceptors (Lipinski definition) is 5. The van der Waals surface area contributed by atoms with Crippen LogP contribution in [0.25, 0.3) is 0 Å². The van der Waals surface area contributed by atoms with Gasteiger partial charge in [0.25, 0.3) is 0 Å². The van der Waals surface area contributed by atoms with Crippen molar-refractivity contribution in [3.05, 3.63) is 12.2 Å². The molecule has 1 fully saturated rings. The number of allylic oxidation sites excluding steroid dienone is 2. The van der Waals surface area contributed by atoms with Crippen LogP contribution >= 0.6 is 0 Å². The highest BCUT2D eigenvalue weighted by Gasteiger charge is 2.40. The zero-order valence-corrected chi connectivity index (χ0v) is 20.1. The van der Waals surface area contributed by atoms with Gasteiger partial charge in [0.1, 0.15) is 24.4 Å². The van der Waals surface area contributed by atoms with Gasteiger partial charge in [-0.1, -0.05) is 89.7 Å². The monoisotopic (exact) mass is 442 g/mol. The minimum atomic E-state index is -0.982. The third kappa shape index (κ3) is 14.3. The predicted molar refractivity (Wildman–Crippen MR) is 127 cm³/mol. The molecule has 1 aliphatic heterocycles. The summed E-state index contributed by atoms with van der Waals surface area (Å²) in [6.45, 7) is 2.70. The van der Waals surface area contributed by atoms with E-state index in [4.69, 9.17) is 9.47 Å². The van der Waals surface area contributed by atoms with Gasteiger partial charge in [-0.3, -0.25) is 0 Å². The summed E-state index contributed by atoms with van der Waals surface area (Å²) in [6.07, 6.45) is 22.3. The summed E-state index contributed by atoms with van der Waals surface area (Å²) < 4.78 is 11.0. The normalized spacial score (nSPS) is 22.5. The molecule has 31 heavy (non-hydrogen) atoms. The van der Waals surface area contributed by atoms with Crippen LogP contribution in [0.1, 0.15) is 110 Å². The van der Waals surface area contributed by atoms with Crippen molar-refractivity contribution in [1.82, 2.24) is 0 Å². The second-order valence-electron chi connectivity index (χ2n) is 9.09. The Morgan fingerprint density at radius 3 is 1.81 bits per heavy atom. The zero-order valence-electron chi connectivity index (χ0n) is 20.1. The van der Waals surface area contributed by atoms with E-state index in [1.165, 1.54) is 83.5 Å². The largest absolute Gasteiger partial charge is 0.394 e. The summed E-state index contributed by atoms with van der Waals surface area (Å²) in [7, 11) is 0. The Labute approximate surface area is 191 Å². The van der Waals surface area contributed by atoms with Gasteiger partial charge in [-0.15, -0.1) is 0 Å². The lowest BCUT2D eigenvalue weighted by Crippen LogP contribution is -2.42. The van der Waals surface area contributed by atoms with E-state index in [-0.39, 0.29) is 13.2 Å². The van der Waals surface area contributed by atoms with Crippen LogP contribution in [0.2, 0.25) is 0 Å². The van der Waals surface area contributed by atoms with Gasteiger partial charge >= 0.3 is 0 Å². The number of rotatable bonds is 21. The zero-order chi connectivity index (χ0) is 22.6. The molecule has 5 nitrogen and oxygen atoms in total. The first-order valence-electron chi connectivity index (χ1n) is 13.1. The molecule has 0 bridgehead atoms.